The summed E-state index contributed by atoms with van der Waals surface area (Å²) < 4.78 is 5.17. The summed E-state index contributed by atoms with van der Waals surface area (Å²) in [5.41, 5.74) is 2.55. The number of aromatic nitrogens is 3. The maximum atomic E-state index is 5.39. The van der Waals surface area contributed by atoms with Crippen molar-refractivity contribution in [2.24, 2.45) is 5.84 Å². The van der Waals surface area contributed by atoms with Crippen molar-refractivity contribution in [1.29, 1.82) is 0 Å². The molecule has 3 N–H and O–H groups in total. The summed E-state index contributed by atoms with van der Waals surface area (Å²) in [5.74, 6) is 7.34. The van der Waals surface area contributed by atoms with E-state index in [1.807, 2.05) is 0 Å². The van der Waals surface area contributed by atoms with Crippen molar-refractivity contribution < 1.29 is 4.42 Å². The molecule has 2 aromatic heterocycles. The first-order valence-corrected chi connectivity index (χ1v) is 6.10. The van der Waals surface area contributed by atoms with E-state index in [1.165, 1.54) is 18.0 Å². The molecule has 0 spiro atoms. The molecular formula is C10H11N5OS. The van der Waals surface area contributed by atoms with Crippen molar-refractivity contribution in [2.75, 3.05) is 5.43 Å². The number of hydrogen-bond acceptors (Lipinski definition) is 7. The fraction of sp³-hybridized carbons (Fsp3) is 0.300. The summed E-state index contributed by atoms with van der Waals surface area (Å²) in [7, 11) is 0. The Morgan fingerprint density at radius 2 is 2.29 bits per heavy atom. The van der Waals surface area contributed by atoms with Crippen molar-refractivity contribution in [3.8, 4) is 0 Å². The van der Waals surface area contributed by atoms with E-state index in [0.29, 0.717) is 17.0 Å². The van der Waals surface area contributed by atoms with E-state index in [0.717, 1.165) is 23.7 Å². The van der Waals surface area contributed by atoms with Crippen LogP contribution in [0.5, 0.6) is 0 Å². The van der Waals surface area contributed by atoms with Crippen LogP contribution in [0.2, 0.25) is 0 Å². The third kappa shape index (κ3) is 2.40. The zero-order valence-corrected chi connectivity index (χ0v) is 9.78. The molecule has 1 saturated carbocycles. The lowest BCUT2D eigenvalue weighted by Gasteiger charge is -2.05. The molecule has 7 heteroatoms. The topological polar surface area (TPSA) is 89.9 Å². The second kappa shape index (κ2) is 4.34. The molecule has 0 aromatic carbocycles. The molecule has 2 heterocycles. The number of oxazole rings is 1. The largest absolute Gasteiger partial charge is 0.440 e. The highest BCUT2D eigenvalue weighted by atomic mass is 32.2. The number of nitrogens with one attached hydrogen (secondary N) is 1. The minimum atomic E-state index is 0.479. The summed E-state index contributed by atoms with van der Waals surface area (Å²) in [6.07, 6.45) is 5.44. The summed E-state index contributed by atoms with van der Waals surface area (Å²) >= 11 is 1.36. The molecule has 0 unspecified atom stereocenters. The maximum absolute atomic E-state index is 5.39. The molecule has 1 aliphatic rings. The number of hydrogen-bond donors (Lipinski definition) is 2. The molecular weight excluding hydrogens is 238 g/mol. The third-order valence-electron chi connectivity index (χ3n) is 2.41. The Morgan fingerprint density at radius 1 is 1.41 bits per heavy atom. The van der Waals surface area contributed by atoms with Gasteiger partial charge in [-0.25, -0.2) is 20.8 Å². The Hall–Kier alpha value is -1.60. The molecule has 0 aliphatic heterocycles. The van der Waals surface area contributed by atoms with Gasteiger partial charge in [0.2, 0.25) is 0 Å². The van der Waals surface area contributed by atoms with Crippen LogP contribution in [-0.4, -0.2) is 15.0 Å². The van der Waals surface area contributed by atoms with Gasteiger partial charge in [-0.15, -0.1) is 0 Å². The van der Waals surface area contributed by atoms with Crippen molar-refractivity contribution in [3.63, 3.8) is 0 Å². The first kappa shape index (κ1) is 10.5. The van der Waals surface area contributed by atoms with E-state index in [-0.39, 0.29) is 0 Å². The van der Waals surface area contributed by atoms with Crippen LogP contribution >= 0.6 is 11.8 Å². The van der Waals surface area contributed by atoms with Gasteiger partial charge in [0, 0.05) is 12.0 Å². The number of nitrogen functional groups attached to an aromatic ring is 1. The van der Waals surface area contributed by atoms with Crippen molar-refractivity contribution in [3.05, 3.63) is 24.4 Å². The van der Waals surface area contributed by atoms with Gasteiger partial charge in [-0.2, -0.15) is 0 Å². The Bertz CT molecular complexity index is 511. The van der Waals surface area contributed by atoms with Gasteiger partial charge in [-0.3, -0.25) is 0 Å². The van der Waals surface area contributed by atoms with Gasteiger partial charge in [0.05, 0.1) is 6.20 Å². The first-order chi connectivity index (χ1) is 8.35. The second-order valence-corrected chi connectivity index (χ2v) is 4.74. The predicted molar refractivity (Wildman–Crippen MR) is 62.4 cm³/mol. The molecule has 0 radical (unpaired) electrons. The molecule has 0 atom stereocenters. The fourth-order valence-electron chi connectivity index (χ4n) is 1.44. The fourth-order valence-corrected chi connectivity index (χ4v) is 2.15. The minimum Gasteiger partial charge on any atom is -0.440 e. The van der Waals surface area contributed by atoms with E-state index in [4.69, 9.17) is 10.3 Å². The van der Waals surface area contributed by atoms with Gasteiger partial charge in [0.1, 0.15) is 22.9 Å². The standard InChI is InChI=1S/C10H11N5OS/c11-15-7-5-8(17-10-12-3-4-16-10)14-9(13-7)6-1-2-6/h3-6H,1-2,11H2,(H,13,14,15). The summed E-state index contributed by atoms with van der Waals surface area (Å²) in [5, 5.41) is 1.35. The average molecular weight is 249 g/mol. The lowest BCUT2D eigenvalue weighted by molar-refractivity contribution is 0.454. The summed E-state index contributed by atoms with van der Waals surface area (Å²) in [4.78, 5) is 12.8. The predicted octanol–water partition coefficient (Wildman–Crippen LogP) is 1.78. The van der Waals surface area contributed by atoms with Crippen molar-refractivity contribution in [1.82, 2.24) is 15.0 Å². The molecule has 0 amide bonds. The summed E-state index contributed by atoms with van der Waals surface area (Å²) in [6, 6.07) is 1.78. The van der Waals surface area contributed by atoms with Crippen molar-refractivity contribution in [2.45, 2.75) is 29.0 Å². The lowest BCUT2D eigenvalue weighted by atomic mass is 10.4. The quantitative estimate of drug-likeness (QED) is 0.485. The molecule has 88 valence electrons. The van der Waals surface area contributed by atoms with E-state index in [2.05, 4.69) is 20.4 Å². The monoisotopic (exact) mass is 249 g/mol. The minimum absolute atomic E-state index is 0.479. The van der Waals surface area contributed by atoms with Gasteiger partial charge in [-0.1, -0.05) is 0 Å². The number of anilines is 1. The molecule has 1 aliphatic carbocycles. The highest BCUT2D eigenvalue weighted by Gasteiger charge is 2.27. The zero-order valence-electron chi connectivity index (χ0n) is 8.96. The third-order valence-corrected chi connectivity index (χ3v) is 3.21. The zero-order chi connectivity index (χ0) is 11.7. The number of nitrogens with two attached hydrogens (primary N) is 1. The van der Waals surface area contributed by atoms with Crippen LogP contribution in [0.1, 0.15) is 24.6 Å². The molecule has 0 saturated heterocycles. The summed E-state index contributed by atoms with van der Waals surface area (Å²) in [6.45, 7) is 0. The smallest absolute Gasteiger partial charge is 0.261 e. The van der Waals surface area contributed by atoms with Gasteiger partial charge in [0.15, 0.2) is 0 Å². The van der Waals surface area contributed by atoms with Gasteiger partial charge in [0.25, 0.3) is 5.22 Å². The van der Waals surface area contributed by atoms with E-state index in [1.54, 1.807) is 12.3 Å². The lowest BCUT2D eigenvalue weighted by Crippen LogP contribution is -2.10. The molecule has 0 bridgehead atoms. The average Bonchev–Trinajstić information content (AvgIpc) is 3.09. The van der Waals surface area contributed by atoms with Gasteiger partial charge < -0.3 is 9.84 Å². The molecule has 3 rings (SSSR count). The Morgan fingerprint density at radius 3 is 2.94 bits per heavy atom. The Kier molecular flexibility index (Phi) is 2.69. The van der Waals surface area contributed by atoms with Crippen LogP contribution in [0.15, 0.2) is 33.2 Å². The van der Waals surface area contributed by atoms with Crippen LogP contribution in [0.4, 0.5) is 5.82 Å². The number of rotatable bonds is 4. The van der Waals surface area contributed by atoms with E-state index < -0.39 is 0 Å². The molecule has 1 fully saturated rings. The SMILES string of the molecule is NNc1cc(Sc2ncco2)nc(C2CC2)n1. The van der Waals surface area contributed by atoms with E-state index in [9.17, 15) is 0 Å². The maximum Gasteiger partial charge on any atom is 0.261 e. The highest BCUT2D eigenvalue weighted by Crippen LogP contribution is 2.39. The highest BCUT2D eigenvalue weighted by molar-refractivity contribution is 7.99. The van der Waals surface area contributed by atoms with Gasteiger partial charge >= 0.3 is 0 Å². The Balaban J connectivity index is 1.89. The number of nitrogens with zero attached hydrogens (tertiary/aromatic N) is 3. The molecule has 6 nitrogen and oxygen atoms in total. The van der Waals surface area contributed by atoms with E-state index >= 15 is 0 Å². The van der Waals surface area contributed by atoms with Crippen molar-refractivity contribution >= 4 is 17.6 Å². The van der Waals surface area contributed by atoms with Crippen LogP contribution in [-0.2, 0) is 0 Å². The second-order valence-electron chi connectivity index (χ2n) is 3.77. The Labute approximate surface area is 102 Å². The molecule has 2 aromatic rings. The van der Waals surface area contributed by atoms with Crippen LogP contribution < -0.4 is 11.3 Å². The number of hydrazine groups is 1. The molecule has 17 heavy (non-hydrogen) atoms. The van der Waals surface area contributed by atoms with Gasteiger partial charge in [-0.05, 0) is 24.6 Å². The van der Waals surface area contributed by atoms with Crippen LogP contribution in [0, 0.1) is 0 Å². The van der Waals surface area contributed by atoms with Crippen LogP contribution in [0.25, 0.3) is 0 Å². The first-order valence-electron chi connectivity index (χ1n) is 5.28. The normalized spacial score (nSPS) is 14.9. The van der Waals surface area contributed by atoms with Crippen LogP contribution in [0.3, 0.4) is 0 Å².